The molecule has 20 heavy (non-hydrogen) atoms. The lowest BCUT2D eigenvalue weighted by Gasteiger charge is -2.11. The van der Waals surface area contributed by atoms with Crippen LogP contribution in [0.25, 0.3) is 0 Å². The van der Waals surface area contributed by atoms with E-state index in [1.165, 1.54) is 0 Å². The minimum absolute atomic E-state index is 0.152. The molecule has 0 aliphatic rings. The maximum atomic E-state index is 13.8. The first-order valence-electron chi connectivity index (χ1n) is 7.10. The molecule has 1 N–H and O–H groups in total. The molecule has 0 amide bonds. The molecule has 0 aliphatic heterocycles. The van der Waals surface area contributed by atoms with E-state index < -0.39 is 0 Å². The number of nitrogens with one attached hydrogen (secondary N) is 1. The third-order valence-corrected chi connectivity index (χ3v) is 3.32. The summed E-state index contributed by atoms with van der Waals surface area (Å²) in [6.07, 6.45) is 4.51. The van der Waals surface area contributed by atoms with Crippen molar-refractivity contribution in [1.82, 2.24) is 14.9 Å². The Morgan fingerprint density at radius 2 is 2.15 bits per heavy atom. The highest BCUT2D eigenvalue weighted by atomic mass is 19.1. The van der Waals surface area contributed by atoms with Gasteiger partial charge in [-0.05, 0) is 18.6 Å². The number of aromatic nitrogens is 2. The van der Waals surface area contributed by atoms with Crippen LogP contribution < -0.4 is 5.32 Å². The highest BCUT2D eigenvalue weighted by molar-refractivity contribution is 5.27. The maximum absolute atomic E-state index is 13.8. The molecule has 0 fully saturated rings. The van der Waals surface area contributed by atoms with Crippen LogP contribution in [0.1, 0.15) is 37.7 Å². The van der Waals surface area contributed by atoms with E-state index in [0.717, 1.165) is 24.4 Å². The number of halogens is 1. The summed E-state index contributed by atoms with van der Waals surface area (Å²) in [6, 6.07) is 5.66. The number of benzene rings is 1. The van der Waals surface area contributed by atoms with Gasteiger partial charge in [0.05, 0.1) is 0 Å². The van der Waals surface area contributed by atoms with Crippen molar-refractivity contribution in [3.63, 3.8) is 0 Å². The van der Waals surface area contributed by atoms with E-state index in [0.29, 0.717) is 18.2 Å². The van der Waals surface area contributed by atoms with Crippen LogP contribution in [-0.2, 0) is 19.5 Å². The summed E-state index contributed by atoms with van der Waals surface area (Å²) in [5, 5.41) is 3.25. The topological polar surface area (TPSA) is 29.9 Å². The number of rotatable bonds is 6. The van der Waals surface area contributed by atoms with Gasteiger partial charge in [0.15, 0.2) is 0 Å². The number of nitrogens with zero attached hydrogens (tertiary/aromatic N) is 2. The molecule has 0 bridgehead atoms. The summed E-state index contributed by atoms with van der Waals surface area (Å²) in [6.45, 7) is 7.66. The fourth-order valence-electron chi connectivity index (χ4n) is 2.17. The molecule has 4 heteroatoms. The number of hydrogen-bond donors (Lipinski definition) is 1. The van der Waals surface area contributed by atoms with Gasteiger partial charge >= 0.3 is 0 Å². The molecule has 0 saturated carbocycles. The molecule has 3 nitrogen and oxygen atoms in total. The third-order valence-electron chi connectivity index (χ3n) is 3.32. The van der Waals surface area contributed by atoms with Crippen molar-refractivity contribution in [2.75, 3.05) is 0 Å². The van der Waals surface area contributed by atoms with Gasteiger partial charge in [0.25, 0.3) is 0 Å². The average molecular weight is 275 g/mol. The van der Waals surface area contributed by atoms with Gasteiger partial charge in [0.2, 0.25) is 0 Å². The fourth-order valence-corrected chi connectivity index (χ4v) is 2.17. The maximum Gasteiger partial charge on any atom is 0.127 e. The smallest absolute Gasteiger partial charge is 0.127 e. The Morgan fingerprint density at radius 1 is 1.35 bits per heavy atom. The molecule has 0 radical (unpaired) electrons. The van der Waals surface area contributed by atoms with Gasteiger partial charge < -0.3 is 9.88 Å². The number of aryl methyl sites for hydroxylation is 1. The van der Waals surface area contributed by atoms with Crippen molar-refractivity contribution in [3.8, 4) is 0 Å². The summed E-state index contributed by atoms with van der Waals surface area (Å²) in [5.74, 6) is 0.864. The second kappa shape index (κ2) is 6.66. The summed E-state index contributed by atoms with van der Waals surface area (Å²) in [7, 11) is 0. The fraction of sp³-hybridized carbons (Fsp3) is 0.438. The van der Waals surface area contributed by atoms with Crippen molar-refractivity contribution < 1.29 is 4.39 Å². The van der Waals surface area contributed by atoms with Crippen molar-refractivity contribution >= 4 is 0 Å². The number of hydrogen-bond acceptors (Lipinski definition) is 2. The van der Waals surface area contributed by atoms with E-state index in [9.17, 15) is 4.39 Å². The predicted octanol–water partition coefficient (Wildman–Crippen LogP) is 3.13. The molecule has 0 saturated heterocycles. The van der Waals surface area contributed by atoms with Crippen LogP contribution in [0.5, 0.6) is 0 Å². The molecule has 0 aliphatic carbocycles. The molecule has 2 rings (SSSR count). The van der Waals surface area contributed by atoms with Crippen molar-refractivity contribution in [2.45, 2.75) is 46.3 Å². The Morgan fingerprint density at radius 3 is 2.85 bits per heavy atom. The van der Waals surface area contributed by atoms with Crippen molar-refractivity contribution in [1.29, 1.82) is 0 Å². The molecule has 0 spiro atoms. The molecular formula is C16H22FN3. The quantitative estimate of drug-likeness (QED) is 0.877. The molecular weight excluding hydrogens is 253 g/mol. The zero-order chi connectivity index (χ0) is 14.5. The van der Waals surface area contributed by atoms with E-state index in [1.54, 1.807) is 6.07 Å². The zero-order valence-corrected chi connectivity index (χ0v) is 12.4. The first-order valence-corrected chi connectivity index (χ1v) is 7.10. The van der Waals surface area contributed by atoms with Crippen molar-refractivity contribution in [3.05, 3.63) is 53.4 Å². The van der Waals surface area contributed by atoms with Crippen LogP contribution >= 0.6 is 0 Å². The predicted molar refractivity (Wildman–Crippen MR) is 79.1 cm³/mol. The van der Waals surface area contributed by atoms with Gasteiger partial charge in [-0.15, -0.1) is 0 Å². The molecule has 108 valence electrons. The van der Waals surface area contributed by atoms with Gasteiger partial charge in [-0.1, -0.05) is 26.0 Å². The van der Waals surface area contributed by atoms with Crippen LogP contribution in [0.4, 0.5) is 4.39 Å². The minimum Gasteiger partial charge on any atom is -0.335 e. The van der Waals surface area contributed by atoms with E-state index >= 15 is 0 Å². The lowest BCUT2D eigenvalue weighted by Crippen LogP contribution is -2.22. The lowest BCUT2D eigenvalue weighted by molar-refractivity contribution is 0.552. The second-order valence-electron chi connectivity index (χ2n) is 5.27. The minimum atomic E-state index is -0.152. The Bertz CT molecular complexity index is 561. The summed E-state index contributed by atoms with van der Waals surface area (Å²) >= 11 is 0. The van der Waals surface area contributed by atoms with Gasteiger partial charge in [-0.25, -0.2) is 9.37 Å². The highest BCUT2D eigenvalue weighted by Crippen LogP contribution is 2.14. The van der Waals surface area contributed by atoms with Crippen LogP contribution in [0.3, 0.4) is 0 Å². The van der Waals surface area contributed by atoms with Crippen LogP contribution in [0.15, 0.2) is 30.6 Å². The Balaban J connectivity index is 2.14. The first-order chi connectivity index (χ1) is 9.60. The van der Waals surface area contributed by atoms with E-state index in [-0.39, 0.29) is 5.82 Å². The van der Waals surface area contributed by atoms with Crippen LogP contribution in [0.2, 0.25) is 0 Å². The molecule has 1 aromatic carbocycles. The first kappa shape index (κ1) is 14.7. The van der Waals surface area contributed by atoms with Gasteiger partial charge in [-0.2, -0.15) is 0 Å². The normalized spacial score (nSPS) is 11.2. The monoisotopic (exact) mass is 275 g/mol. The summed E-state index contributed by atoms with van der Waals surface area (Å²) < 4.78 is 15.9. The van der Waals surface area contributed by atoms with Gasteiger partial charge in [0, 0.05) is 43.5 Å². The molecule has 0 atom stereocenters. The number of imidazole rings is 1. The molecule has 2 aromatic rings. The van der Waals surface area contributed by atoms with E-state index in [4.69, 9.17) is 0 Å². The van der Waals surface area contributed by atoms with E-state index in [2.05, 4.69) is 35.6 Å². The Labute approximate surface area is 119 Å². The SMILES string of the molecule is CCn1ccnc1Cc1ccc(F)c(CNC(C)C)c1. The Kier molecular flexibility index (Phi) is 4.90. The summed E-state index contributed by atoms with van der Waals surface area (Å²) in [4.78, 5) is 4.36. The van der Waals surface area contributed by atoms with Crippen molar-refractivity contribution in [2.24, 2.45) is 0 Å². The average Bonchev–Trinajstić information content (AvgIpc) is 2.86. The third kappa shape index (κ3) is 3.67. The highest BCUT2D eigenvalue weighted by Gasteiger charge is 2.07. The lowest BCUT2D eigenvalue weighted by atomic mass is 10.1. The zero-order valence-electron chi connectivity index (χ0n) is 12.4. The van der Waals surface area contributed by atoms with Crippen LogP contribution in [0, 0.1) is 5.82 Å². The standard InChI is InChI=1S/C16H22FN3/c1-4-20-8-7-18-16(20)10-13-5-6-15(17)14(9-13)11-19-12(2)3/h5-9,12,19H,4,10-11H2,1-3H3. The molecule has 1 aromatic heterocycles. The van der Waals surface area contributed by atoms with Gasteiger partial charge in [0.1, 0.15) is 11.6 Å². The van der Waals surface area contributed by atoms with E-state index in [1.807, 2.05) is 24.5 Å². The second-order valence-corrected chi connectivity index (χ2v) is 5.27. The molecule has 1 heterocycles. The largest absolute Gasteiger partial charge is 0.335 e. The van der Waals surface area contributed by atoms with Gasteiger partial charge in [-0.3, -0.25) is 0 Å². The van der Waals surface area contributed by atoms with Crippen LogP contribution in [-0.4, -0.2) is 15.6 Å². The Hall–Kier alpha value is -1.68. The molecule has 0 unspecified atom stereocenters. The summed E-state index contributed by atoms with van der Waals surface area (Å²) in [5.41, 5.74) is 1.80.